The first-order chi connectivity index (χ1) is 18.0. The topological polar surface area (TPSA) is 141 Å². The summed E-state index contributed by atoms with van der Waals surface area (Å²) in [5.74, 6) is 0.585. The maximum atomic E-state index is 11.0. The number of ether oxygens (including phenoxy) is 1. The maximum absolute atomic E-state index is 11.0. The molecule has 4 aromatic heterocycles. The molecule has 190 valence electrons. The van der Waals surface area contributed by atoms with Gasteiger partial charge in [-0.25, -0.2) is 19.6 Å². The van der Waals surface area contributed by atoms with Crippen LogP contribution in [0, 0.1) is 12.8 Å². The largest absolute Gasteiger partial charge is 0.489 e. The van der Waals surface area contributed by atoms with E-state index in [9.17, 15) is 4.79 Å². The summed E-state index contributed by atoms with van der Waals surface area (Å²) in [6.45, 7) is 2.30. The van der Waals surface area contributed by atoms with Gasteiger partial charge in [0, 0.05) is 25.9 Å². The molecule has 4 heterocycles. The Morgan fingerprint density at radius 2 is 1.97 bits per heavy atom. The van der Waals surface area contributed by atoms with Gasteiger partial charge in [-0.05, 0) is 62.4 Å². The molecule has 0 bridgehead atoms. The van der Waals surface area contributed by atoms with Crippen LogP contribution in [0.3, 0.4) is 0 Å². The van der Waals surface area contributed by atoms with Crippen LogP contribution >= 0.6 is 0 Å². The summed E-state index contributed by atoms with van der Waals surface area (Å²) >= 11 is 0. The molecule has 1 fully saturated rings. The van der Waals surface area contributed by atoms with E-state index in [2.05, 4.69) is 30.6 Å². The van der Waals surface area contributed by atoms with E-state index in [0.29, 0.717) is 29.6 Å². The minimum atomic E-state index is -0.755. The molecule has 0 aromatic carbocycles. The van der Waals surface area contributed by atoms with Crippen molar-refractivity contribution in [1.82, 2.24) is 34.9 Å². The molecule has 0 amide bonds. The van der Waals surface area contributed by atoms with Gasteiger partial charge >= 0.3 is 5.97 Å². The molecule has 1 aliphatic carbocycles. The van der Waals surface area contributed by atoms with E-state index in [4.69, 9.17) is 14.8 Å². The molecule has 2 N–H and O–H groups in total. The van der Waals surface area contributed by atoms with Crippen molar-refractivity contribution < 1.29 is 14.6 Å². The number of carbonyl (C=O) groups is 1. The third-order valence-electron chi connectivity index (χ3n) is 6.47. The fourth-order valence-electron chi connectivity index (χ4n) is 4.59. The predicted molar refractivity (Wildman–Crippen MR) is 136 cm³/mol. The molecule has 4 aromatic rings. The van der Waals surface area contributed by atoms with Crippen LogP contribution in [0.25, 0.3) is 22.8 Å². The monoisotopic (exact) mass is 500 g/mol. The van der Waals surface area contributed by atoms with Gasteiger partial charge in [0.1, 0.15) is 11.4 Å². The highest BCUT2D eigenvalue weighted by molar-refractivity contribution is 5.67. The Labute approximate surface area is 214 Å². The van der Waals surface area contributed by atoms with Crippen LogP contribution in [0.15, 0.2) is 48.8 Å². The fraction of sp³-hybridized carbons (Fsp3) is 0.346. The van der Waals surface area contributed by atoms with E-state index in [1.807, 2.05) is 50.4 Å². The molecule has 11 nitrogen and oxygen atoms in total. The molecule has 0 radical (unpaired) electrons. The zero-order valence-electron chi connectivity index (χ0n) is 20.7. The summed E-state index contributed by atoms with van der Waals surface area (Å²) in [5, 5.41) is 20.8. The SMILES string of the molecule is Cc1nc(-c2nnn(C)c2CNc2nccc(-c3ccccn3)n2)ccc1O[C@@H]1CC[C@@H](CC(=O)O)C1. The number of aromatic nitrogens is 7. The molecular weight excluding hydrogens is 472 g/mol. The lowest BCUT2D eigenvalue weighted by molar-refractivity contribution is -0.138. The number of nitrogens with zero attached hydrogens (tertiary/aromatic N) is 7. The molecule has 37 heavy (non-hydrogen) atoms. The number of anilines is 1. The zero-order chi connectivity index (χ0) is 25.8. The van der Waals surface area contributed by atoms with Gasteiger partial charge in [0.25, 0.3) is 0 Å². The fourth-order valence-corrected chi connectivity index (χ4v) is 4.59. The second-order valence-electron chi connectivity index (χ2n) is 9.14. The van der Waals surface area contributed by atoms with Crippen molar-refractivity contribution in [3.63, 3.8) is 0 Å². The summed E-state index contributed by atoms with van der Waals surface area (Å²) in [7, 11) is 1.83. The van der Waals surface area contributed by atoms with Crippen molar-refractivity contribution in [2.24, 2.45) is 13.0 Å². The van der Waals surface area contributed by atoms with E-state index < -0.39 is 5.97 Å². The van der Waals surface area contributed by atoms with Crippen LogP contribution in [-0.4, -0.2) is 52.1 Å². The van der Waals surface area contributed by atoms with Gasteiger partial charge in [0.15, 0.2) is 0 Å². The summed E-state index contributed by atoms with van der Waals surface area (Å²) < 4.78 is 7.87. The highest BCUT2D eigenvalue weighted by atomic mass is 16.5. The van der Waals surface area contributed by atoms with Crippen LogP contribution < -0.4 is 10.1 Å². The molecule has 0 unspecified atom stereocenters. The van der Waals surface area contributed by atoms with Crippen LogP contribution in [0.4, 0.5) is 5.95 Å². The highest BCUT2D eigenvalue weighted by Crippen LogP contribution is 2.33. The van der Waals surface area contributed by atoms with Crippen LogP contribution in [0.5, 0.6) is 5.75 Å². The Kier molecular flexibility index (Phi) is 7.02. The van der Waals surface area contributed by atoms with Gasteiger partial charge in [-0.1, -0.05) is 11.3 Å². The lowest BCUT2D eigenvalue weighted by Gasteiger charge is -2.16. The van der Waals surface area contributed by atoms with Crippen molar-refractivity contribution >= 4 is 11.9 Å². The predicted octanol–water partition coefficient (Wildman–Crippen LogP) is 3.67. The van der Waals surface area contributed by atoms with E-state index >= 15 is 0 Å². The third-order valence-corrected chi connectivity index (χ3v) is 6.47. The Hall–Kier alpha value is -4.41. The highest BCUT2D eigenvalue weighted by Gasteiger charge is 2.28. The Bertz CT molecular complexity index is 1390. The molecule has 0 saturated heterocycles. The lowest BCUT2D eigenvalue weighted by Crippen LogP contribution is -2.14. The molecule has 2 atom stereocenters. The summed E-state index contributed by atoms with van der Waals surface area (Å²) in [4.78, 5) is 29.0. The van der Waals surface area contributed by atoms with Crippen molar-refractivity contribution in [2.45, 2.75) is 45.3 Å². The molecule has 1 saturated carbocycles. The average Bonchev–Trinajstić information content (AvgIpc) is 3.50. The standard InChI is InChI=1S/C26H28N8O3/c1-16-23(37-18-7-6-17(13-18)14-24(35)36)9-8-21(30-16)25-22(34(2)33-32-25)15-29-26-28-12-10-20(31-26)19-5-3-4-11-27-19/h3-5,8-12,17-18H,6-7,13-15H2,1-2H3,(H,35,36)(H,28,29,31)/t17-,18-/m1/s1. The first-order valence-electron chi connectivity index (χ1n) is 12.2. The molecule has 5 rings (SSSR count). The number of pyridine rings is 2. The zero-order valence-corrected chi connectivity index (χ0v) is 20.7. The van der Waals surface area contributed by atoms with E-state index in [1.54, 1.807) is 17.1 Å². The van der Waals surface area contributed by atoms with Crippen molar-refractivity contribution in [3.8, 4) is 28.5 Å². The van der Waals surface area contributed by atoms with Crippen molar-refractivity contribution in [1.29, 1.82) is 0 Å². The minimum Gasteiger partial charge on any atom is -0.489 e. The smallest absolute Gasteiger partial charge is 0.303 e. The first kappa shape index (κ1) is 24.3. The molecule has 11 heteroatoms. The second kappa shape index (κ2) is 10.7. The molecule has 0 aliphatic heterocycles. The molecular formula is C26H28N8O3. The van der Waals surface area contributed by atoms with Gasteiger partial charge in [0.05, 0.1) is 41.1 Å². The maximum Gasteiger partial charge on any atom is 0.303 e. The first-order valence-corrected chi connectivity index (χ1v) is 12.2. The molecule has 1 aliphatic rings. The lowest BCUT2D eigenvalue weighted by atomic mass is 10.0. The van der Waals surface area contributed by atoms with E-state index in [-0.39, 0.29) is 18.4 Å². The van der Waals surface area contributed by atoms with Gasteiger partial charge < -0.3 is 15.2 Å². The van der Waals surface area contributed by atoms with Gasteiger partial charge in [-0.2, -0.15) is 0 Å². The number of hydrogen-bond acceptors (Lipinski definition) is 9. The Morgan fingerprint density at radius 1 is 1.08 bits per heavy atom. The van der Waals surface area contributed by atoms with Crippen LogP contribution in [0.1, 0.15) is 37.1 Å². The number of nitrogens with one attached hydrogen (secondary N) is 1. The second-order valence-corrected chi connectivity index (χ2v) is 9.14. The van der Waals surface area contributed by atoms with Gasteiger partial charge in [-0.15, -0.1) is 5.10 Å². The number of aryl methyl sites for hydroxylation is 2. The third kappa shape index (κ3) is 5.71. The normalized spacial score (nSPS) is 17.0. The quantitative estimate of drug-likeness (QED) is 0.350. The number of carboxylic acids is 1. The van der Waals surface area contributed by atoms with Crippen molar-refractivity contribution in [2.75, 3.05) is 5.32 Å². The average molecular weight is 501 g/mol. The number of carboxylic acid groups (broad SMARTS) is 1. The Balaban J connectivity index is 1.28. The van der Waals surface area contributed by atoms with Crippen LogP contribution in [-0.2, 0) is 18.4 Å². The molecule has 0 spiro atoms. The van der Waals surface area contributed by atoms with Crippen LogP contribution in [0.2, 0.25) is 0 Å². The van der Waals surface area contributed by atoms with Crippen molar-refractivity contribution in [3.05, 3.63) is 60.2 Å². The summed E-state index contributed by atoms with van der Waals surface area (Å²) in [6, 6.07) is 11.3. The van der Waals surface area contributed by atoms with E-state index in [0.717, 1.165) is 42.0 Å². The number of hydrogen-bond donors (Lipinski definition) is 2. The van der Waals surface area contributed by atoms with E-state index in [1.165, 1.54) is 0 Å². The Morgan fingerprint density at radius 3 is 2.76 bits per heavy atom. The summed E-state index contributed by atoms with van der Waals surface area (Å²) in [5.41, 5.74) is 4.43. The van der Waals surface area contributed by atoms with Gasteiger partial charge in [0.2, 0.25) is 5.95 Å². The van der Waals surface area contributed by atoms with Gasteiger partial charge in [-0.3, -0.25) is 9.78 Å². The number of aliphatic carboxylic acids is 1. The minimum absolute atomic E-state index is 0.00817. The number of rotatable bonds is 9. The summed E-state index contributed by atoms with van der Waals surface area (Å²) in [6.07, 6.45) is 6.09.